The molecule has 0 atom stereocenters. The van der Waals surface area contributed by atoms with Crippen LogP contribution in [0, 0.1) is 10.1 Å². The number of carbonyl (C=O) groups is 1. The maximum absolute atomic E-state index is 10.8. The zero-order valence-corrected chi connectivity index (χ0v) is 9.63. The van der Waals surface area contributed by atoms with Gasteiger partial charge in [0.25, 0.3) is 5.69 Å². The molecular formula is C11H14N2O5. The zero-order chi connectivity index (χ0) is 13.5. The summed E-state index contributed by atoms with van der Waals surface area (Å²) in [6, 6.07) is 3.59. The third-order valence-electron chi connectivity index (χ3n) is 2.34. The lowest BCUT2D eigenvalue weighted by atomic mass is 10.1. The van der Waals surface area contributed by atoms with Crippen molar-refractivity contribution in [2.75, 3.05) is 18.5 Å². The summed E-state index contributed by atoms with van der Waals surface area (Å²) in [5.74, 6) is -1.14. The normalized spacial score (nSPS) is 10.1. The molecule has 0 amide bonds. The first-order chi connectivity index (χ1) is 8.56. The van der Waals surface area contributed by atoms with Gasteiger partial charge < -0.3 is 15.5 Å². The lowest BCUT2D eigenvalue weighted by Gasteiger charge is -2.07. The number of nitrogens with zero attached hydrogens (tertiary/aromatic N) is 1. The molecule has 1 aromatic rings. The maximum atomic E-state index is 10.8. The molecule has 0 saturated carbocycles. The summed E-state index contributed by atoms with van der Waals surface area (Å²) in [5, 5.41) is 31.0. The number of nitrogens with one attached hydrogen (secondary N) is 1. The fraction of sp³-hybridized carbons (Fsp3) is 0.364. The van der Waals surface area contributed by atoms with Crippen LogP contribution >= 0.6 is 0 Å². The fourth-order valence-electron chi connectivity index (χ4n) is 1.43. The van der Waals surface area contributed by atoms with Gasteiger partial charge in [-0.15, -0.1) is 0 Å². The van der Waals surface area contributed by atoms with E-state index in [9.17, 15) is 14.9 Å². The summed E-state index contributed by atoms with van der Waals surface area (Å²) in [4.78, 5) is 21.0. The zero-order valence-electron chi connectivity index (χ0n) is 9.63. The average molecular weight is 254 g/mol. The Labute approximate surface area is 103 Å². The van der Waals surface area contributed by atoms with Crippen LogP contribution in [0.25, 0.3) is 0 Å². The molecule has 0 saturated heterocycles. The molecule has 0 bridgehead atoms. The van der Waals surface area contributed by atoms with Crippen LogP contribution in [0.2, 0.25) is 0 Å². The van der Waals surface area contributed by atoms with Crippen molar-refractivity contribution in [1.29, 1.82) is 0 Å². The van der Waals surface area contributed by atoms with Crippen molar-refractivity contribution >= 4 is 17.3 Å². The molecule has 0 heterocycles. The van der Waals surface area contributed by atoms with Gasteiger partial charge in [0.15, 0.2) is 0 Å². The Kier molecular flexibility index (Phi) is 5.06. The summed E-state index contributed by atoms with van der Waals surface area (Å²) in [6.07, 6.45) is 1.23. The van der Waals surface area contributed by atoms with Gasteiger partial charge in [0.2, 0.25) is 0 Å². The minimum atomic E-state index is -1.14. The lowest BCUT2D eigenvalue weighted by Crippen LogP contribution is -2.07. The third-order valence-corrected chi connectivity index (χ3v) is 2.34. The number of nitro groups is 1. The van der Waals surface area contributed by atoms with Gasteiger partial charge in [0, 0.05) is 19.2 Å². The molecule has 0 aliphatic rings. The molecule has 98 valence electrons. The van der Waals surface area contributed by atoms with Crippen molar-refractivity contribution in [3.8, 4) is 0 Å². The highest BCUT2D eigenvalue weighted by Crippen LogP contribution is 2.25. The molecule has 3 N–H and O–H groups in total. The summed E-state index contributed by atoms with van der Waals surface area (Å²) in [5.41, 5.74) is 0.00657. The van der Waals surface area contributed by atoms with Crippen LogP contribution in [0.1, 0.15) is 23.2 Å². The molecule has 0 fully saturated rings. The van der Waals surface area contributed by atoms with Crippen LogP contribution in [-0.4, -0.2) is 34.3 Å². The van der Waals surface area contributed by atoms with E-state index < -0.39 is 10.9 Å². The molecule has 7 heteroatoms. The summed E-state index contributed by atoms with van der Waals surface area (Å²) in [6.45, 7) is 0.489. The van der Waals surface area contributed by atoms with E-state index >= 15 is 0 Å². The van der Waals surface area contributed by atoms with E-state index in [0.717, 1.165) is 6.07 Å². The van der Waals surface area contributed by atoms with Crippen molar-refractivity contribution in [2.24, 2.45) is 0 Å². The van der Waals surface area contributed by atoms with E-state index in [4.69, 9.17) is 10.2 Å². The number of aromatic carboxylic acids is 1. The highest BCUT2D eigenvalue weighted by Gasteiger charge is 2.15. The summed E-state index contributed by atoms with van der Waals surface area (Å²) >= 11 is 0. The number of aliphatic hydroxyl groups excluding tert-OH is 1. The molecule has 1 rings (SSSR count). The van der Waals surface area contributed by atoms with Gasteiger partial charge >= 0.3 is 5.97 Å². The lowest BCUT2D eigenvalue weighted by molar-refractivity contribution is -0.384. The summed E-state index contributed by atoms with van der Waals surface area (Å²) < 4.78 is 0. The van der Waals surface area contributed by atoms with E-state index in [0.29, 0.717) is 19.4 Å². The van der Waals surface area contributed by atoms with Crippen LogP contribution in [0.4, 0.5) is 11.4 Å². The van der Waals surface area contributed by atoms with Crippen LogP contribution in [0.3, 0.4) is 0 Å². The minimum absolute atomic E-state index is 0.00902. The van der Waals surface area contributed by atoms with E-state index in [-0.39, 0.29) is 23.5 Å². The number of hydrogen-bond acceptors (Lipinski definition) is 5. The van der Waals surface area contributed by atoms with Crippen molar-refractivity contribution in [3.05, 3.63) is 33.9 Å². The Morgan fingerprint density at radius 1 is 1.39 bits per heavy atom. The molecule has 0 aliphatic carbocycles. The first-order valence-electron chi connectivity index (χ1n) is 5.42. The van der Waals surface area contributed by atoms with E-state index in [1.807, 2.05) is 0 Å². The van der Waals surface area contributed by atoms with Crippen molar-refractivity contribution in [1.82, 2.24) is 0 Å². The molecule has 0 aliphatic heterocycles. The SMILES string of the molecule is O=C(O)c1ccc([N+](=O)[O-])c(NCCCCO)c1. The van der Waals surface area contributed by atoms with Gasteiger partial charge in [-0.25, -0.2) is 4.79 Å². The van der Waals surface area contributed by atoms with Gasteiger partial charge in [-0.2, -0.15) is 0 Å². The van der Waals surface area contributed by atoms with Gasteiger partial charge in [-0.05, 0) is 25.0 Å². The molecule has 7 nitrogen and oxygen atoms in total. The number of hydrogen-bond donors (Lipinski definition) is 3. The van der Waals surface area contributed by atoms with Crippen LogP contribution in [0.15, 0.2) is 18.2 Å². The van der Waals surface area contributed by atoms with Crippen LogP contribution in [0.5, 0.6) is 0 Å². The van der Waals surface area contributed by atoms with Gasteiger partial charge in [0.1, 0.15) is 5.69 Å². The van der Waals surface area contributed by atoms with Gasteiger partial charge in [-0.3, -0.25) is 10.1 Å². The average Bonchev–Trinajstić information content (AvgIpc) is 2.34. The number of carboxylic acid groups (broad SMARTS) is 1. The standard InChI is InChI=1S/C11H14N2O5/c14-6-2-1-5-12-9-7-8(11(15)16)3-4-10(9)13(17)18/h3-4,7,12,14H,1-2,5-6H2,(H,15,16). The second-order valence-corrected chi connectivity index (χ2v) is 3.65. The monoisotopic (exact) mass is 254 g/mol. The highest BCUT2D eigenvalue weighted by atomic mass is 16.6. The first kappa shape index (κ1) is 13.9. The molecule has 0 spiro atoms. The Morgan fingerprint density at radius 2 is 2.11 bits per heavy atom. The topological polar surface area (TPSA) is 113 Å². The number of aliphatic hydroxyl groups is 1. The maximum Gasteiger partial charge on any atom is 0.335 e. The Bertz CT molecular complexity index is 447. The van der Waals surface area contributed by atoms with Crippen LogP contribution in [-0.2, 0) is 0 Å². The Hall–Kier alpha value is -2.15. The number of nitro benzene ring substituents is 1. The number of carboxylic acids is 1. The van der Waals surface area contributed by atoms with Crippen molar-refractivity contribution in [2.45, 2.75) is 12.8 Å². The number of anilines is 1. The second kappa shape index (κ2) is 6.55. The fourth-order valence-corrected chi connectivity index (χ4v) is 1.43. The van der Waals surface area contributed by atoms with E-state index in [1.54, 1.807) is 0 Å². The molecule has 0 aromatic heterocycles. The Morgan fingerprint density at radius 3 is 2.67 bits per heavy atom. The smallest absolute Gasteiger partial charge is 0.335 e. The van der Waals surface area contributed by atoms with Crippen molar-refractivity contribution in [3.63, 3.8) is 0 Å². The third kappa shape index (κ3) is 3.70. The number of benzene rings is 1. The predicted octanol–water partition coefficient (Wildman–Crippen LogP) is 1.48. The molecular weight excluding hydrogens is 240 g/mol. The molecule has 18 heavy (non-hydrogen) atoms. The second-order valence-electron chi connectivity index (χ2n) is 3.65. The number of rotatable bonds is 7. The quantitative estimate of drug-likeness (QED) is 0.386. The van der Waals surface area contributed by atoms with E-state index in [2.05, 4.69) is 5.32 Å². The predicted molar refractivity (Wildman–Crippen MR) is 64.9 cm³/mol. The minimum Gasteiger partial charge on any atom is -0.478 e. The largest absolute Gasteiger partial charge is 0.478 e. The number of unbranched alkanes of at least 4 members (excludes halogenated alkanes) is 1. The Balaban J connectivity index is 2.86. The highest BCUT2D eigenvalue weighted by molar-refractivity contribution is 5.90. The first-order valence-corrected chi connectivity index (χ1v) is 5.42. The molecule has 0 unspecified atom stereocenters. The molecule has 0 radical (unpaired) electrons. The van der Waals surface area contributed by atoms with Gasteiger partial charge in [0.05, 0.1) is 10.5 Å². The van der Waals surface area contributed by atoms with E-state index in [1.165, 1.54) is 12.1 Å². The van der Waals surface area contributed by atoms with Crippen LogP contribution < -0.4 is 5.32 Å². The van der Waals surface area contributed by atoms with Gasteiger partial charge in [-0.1, -0.05) is 0 Å². The molecule has 1 aromatic carbocycles. The van der Waals surface area contributed by atoms with Crippen molar-refractivity contribution < 1.29 is 19.9 Å². The summed E-state index contributed by atoms with van der Waals surface area (Å²) in [7, 11) is 0.